The van der Waals surface area contributed by atoms with E-state index in [-0.39, 0.29) is 37.6 Å². The first-order valence-corrected chi connectivity index (χ1v) is 7.14. The first kappa shape index (κ1) is 19.4. The third-order valence-corrected chi connectivity index (χ3v) is 2.63. The second-order valence-electron chi connectivity index (χ2n) is 4.77. The van der Waals surface area contributed by atoms with E-state index in [9.17, 15) is 14.4 Å². The molecule has 0 spiro atoms. The summed E-state index contributed by atoms with van der Waals surface area (Å²) in [5.41, 5.74) is 0. The summed E-state index contributed by atoms with van der Waals surface area (Å²) in [6.45, 7) is 4.55. The molecule has 122 valence electrons. The van der Waals surface area contributed by atoms with Crippen molar-refractivity contribution in [1.82, 2.24) is 9.80 Å². The van der Waals surface area contributed by atoms with E-state index in [1.54, 1.807) is 32.8 Å². The number of hydrogen-bond acceptors (Lipinski definition) is 6. The van der Waals surface area contributed by atoms with E-state index < -0.39 is 0 Å². The van der Waals surface area contributed by atoms with Gasteiger partial charge in [0.2, 0.25) is 5.91 Å². The van der Waals surface area contributed by atoms with Gasteiger partial charge in [0.15, 0.2) is 0 Å². The lowest BCUT2D eigenvalue weighted by Crippen LogP contribution is -2.41. The zero-order valence-electron chi connectivity index (χ0n) is 13.4. The number of esters is 2. The van der Waals surface area contributed by atoms with Crippen LogP contribution in [-0.2, 0) is 23.9 Å². The molecule has 0 atom stereocenters. The van der Waals surface area contributed by atoms with Crippen LogP contribution in [-0.4, -0.2) is 74.6 Å². The molecular formula is C14H26N2O5. The summed E-state index contributed by atoms with van der Waals surface area (Å²) in [5, 5.41) is 0. The zero-order valence-corrected chi connectivity index (χ0v) is 13.4. The van der Waals surface area contributed by atoms with Gasteiger partial charge in [-0.25, -0.2) is 0 Å². The number of carbonyl (C=O) groups excluding carboxylic acids is 3. The molecule has 0 fully saturated rings. The Bertz CT molecular complexity index is 322. The van der Waals surface area contributed by atoms with Gasteiger partial charge < -0.3 is 19.3 Å². The zero-order chi connectivity index (χ0) is 16.3. The highest BCUT2D eigenvalue weighted by molar-refractivity contribution is 5.78. The maximum absolute atomic E-state index is 12.0. The van der Waals surface area contributed by atoms with Crippen molar-refractivity contribution in [1.29, 1.82) is 0 Å². The van der Waals surface area contributed by atoms with Crippen LogP contribution in [0.25, 0.3) is 0 Å². The van der Waals surface area contributed by atoms with Gasteiger partial charge >= 0.3 is 11.9 Å². The molecule has 0 saturated carbocycles. The van der Waals surface area contributed by atoms with E-state index in [2.05, 4.69) is 0 Å². The molecule has 0 aromatic heterocycles. The lowest BCUT2D eigenvalue weighted by atomic mass is 10.4. The van der Waals surface area contributed by atoms with Crippen molar-refractivity contribution in [3.8, 4) is 0 Å². The average molecular weight is 302 g/mol. The van der Waals surface area contributed by atoms with Gasteiger partial charge in [0.25, 0.3) is 0 Å². The Morgan fingerprint density at radius 2 is 1.29 bits per heavy atom. The molecule has 21 heavy (non-hydrogen) atoms. The molecule has 0 unspecified atom stereocenters. The normalized spacial score (nSPS) is 10.3. The van der Waals surface area contributed by atoms with Crippen molar-refractivity contribution in [2.24, 2.45) is 0 Å². The smallest absolute Gasteiger partial charge is 0.305 e. The van der Waals surface area contributed by atoms with Crippen molar-refractivity contribution in [3.05, 3.63) is 0 Å². The number of ether oxygens (including phenoxy) is 2. The van der Waals surface area contributed by atoms with Gasteiger partial charge in [0.1, 0.15) is 13.2 Å². The molecule has 0 rings (SSSR count). The van der Waals surface area contributed by atoms with Crippen LogP contribution in [0, 0.1) is 0 Å². The van der Waals surface area contributed by atoms with E-state index >= 15 is 0 Å². The third kappa shape index (κ3) is 9.84. The molecular weight excluding hydrogens is 276 g/mol. The highest BCUT2D eigenvalue weighted by Gasteiger charge is 2.15. The molecule has 0 bridgehead atoms. The molecule has 0 aliphatic carbocycles. The van der Waals surface area contributed by atoms with Crippen LogP contribution < -0.4 is 0 Å². The van der Waals surface area contributed by atoms with Crippen LogP contribution in [0.3, 0.4) is 0 Å². The minimum atomic E-state index is -0.299. The van der Waals surface area contributed by atoms with Crippen molar-refractivity contribution >= 4 is 17.8 Å². The Morgan fingerprint density at radius 3 is 1.62 bits per heavy atom. The fraction of sp³-hybridized carbons (Fsp3) is 0.786. The number of hydrogen-bond donors (Lipinski definition) is 0. The third-order valence-electron chi connectivity index (χ3n) is 2.63. The molecule has 0 aliphatic rings. The summed E-state index contributed by atoms with van der Waals surface area (Å²) in [4.78, 5) is 37.5. The van der Waals surface area contributed by atoms with Crippen LogP contribution >= 0.6 is 0 Å². The summed E-state index contributed by atoms with van der Waals surface area (Å²) in [5.74, 6) is -0.695. The average Bonchev–Trinajstić information content (AvgIpc) is 2.44. The first-order valence-electron chi connectivity index (χ1n) is 7.14. The van der Waals surface area contributed by atoms with Gasteiger partial charge in [-0.05, 0) is 14.1 Å². The van der Waals surface area contributed by atoms with Crippen LogP contribution in [0.5, 0.6) is 0 Å². The maximum atomic E-state index is 12.0. The molecule has 0 aromatic rings. The molecule has 0 aromatic carbocycles. The molecule has 1 amide bonds. The molecule has 0 heterocycles. The lowest BCUT2D eigenvalue weighted by molar-refractivity contribution is -0.147. The number of nitrogens with zero attached hydrogens (tertiary/aromatic N) is 2. The van der Waals surface area contributed by atoms with Gasteiger partial charge in [0.05, 0.1) is 19.6 Å². The van der Waals surface area contributed by atoms with E-state index in [1.807, 2.05) is 0 Å². The van der Waals surface area contributed by atoms with Gasteiger partial charge in [-0.15, -0.1) is 0 Å². The topological polar surface area (TPSA) is 76.1 Å². The van der Waals surface area contributed by atoms with E-state index in [4.69, 9.17) is 9.47 Å². The summed E-state index contributed by atoms with van der Waals surface area (Å²) in [6, 6.07) is 0. The van der Waals surface area contributed by atoms with Crippen molar-refractivity contribution < 1.29 is 23.9 Å². The minimum absolute atomic E-state index is 0.0971. The number of likely N-dealkylation sites (N-methyl/N-ethyl adjacent to an activating group) is 1. The quantitative estimate of drug-likeness (QED) is 0.540. The summed E-state index contributed by atoms with van der Waals surface area (Å²) in [6.07, 6.45) is 0.611. The second-order valence-corrected chi connectivity index (χ2v) is 4.77. The number of carbonyl (C=O) groups is 3. The fourth-order valence-electron chi connectivity index (χ4n) is 1.48. The Kier molecular flexibility index (Phi) is 10.2. The predicted octanol–water partition coefficient (Wildman–Crippen LogP) is 0.283. The highest BCUT2D eigenvalue weighted by Crippen LogP contribution is 1.95. The van der Waals surface area contributed by atoms with Crippen LogP contribution in [0.15, 0.2) is 0 Å². The molecule has 7 heteroatoms. The van der Waals surface area contributed by atoms with Crippen LogP contribution in [0.4, 0.5) is 0 Å². The van der Waals surface area contributed by atoms with E-state index in [0.717, 1.165) is 0 Å². The number of rotatable bonds is 10. The molecule has 0 saturated heterocycles. The van der Waals surface area contributed by atoms with Gasteiger partial charge in [0, 0.05) is 12.8 Å². The summed E-state index contributed by atoms with van der Waals surface area (Å²) >= 11 is 0. The first-order chi connectivity index (χ1) is 9.90. The Balaban J connectivity index is 4.29. The van der Waals surface area contributed by atoms with Crippen molar-refractivity contribution in [2.45, 2.75) is 26.7 Å². The lowest BCUT2D eigenvalue weighted by Gasteiger charge is -2.24. The van der Waals surface area contributed by atoms with Gasteiger partial charge in [-0.1, -0.05) is 13.8 Å². The molecule has 0 aliphatic heterocycles. The standard InChI is InChI=1S/C14H26N2O5/c1-5-13(18)20-9-7-16(12(17)11-15(3)4)8-10-21-14(19)6-2/h5-11H2,1-4H3. The summed E-state index contributed by atoms with van der Waals surface area (Å²) in [7, 11) is 3.59. The Labute approximate surface area is 126 Å². The van der Waals surface area contributed by atoms with Gasteiger partial charge in [-0.3, -0.25) is 14.4 Å². The maximum Gasteiger partial charge on any atom is 0.305 e. The summed E-state index contributed by atoms with van der Waals surface area (Å²) < 4.78 is 9.94. The Morgan fingerprint density at radius 1 is 0.857 bits per heavy atom. The van der Waals surface area contributed by atoms with Crippen molar-refractivity contribution in [2.75, 3.05) is 46.9 Å². The Hall–Kier alpha value is -1.63. The van der Waals surface area contributed by atoms with E-state index in [0.29, 0.717) is 25.9 Å². The van der Waals surface area contributed by atoms with Gasteiger partial charge in [-0.2, -0.15) is 0 Å². The number of amides is 1. The molecule has 0 N–H and O–H groups in total. The van der Waals surface area contributed by atoms with Crippen LogP contribution in [0.2, 0.25) is 0 Å². The monoisotopic (exact) mass is 302 g/mol. The fourth-order valence-corrected chi connectivity index (χ4v) is 1.48. The van der Waals surface area contributed by atoms with Crippen LogP contribution in [0.1, 0.15) is 26.7 Å². The second kappa shape index (κ2) is 11.1. The predicted molar refractivity (Wildman–Crippen MR) is 77.6 cm³/mol. The molecule has 0 radical (unpaired) electrons. The molecule has 7 nitrogen and oxygen atoms in total. The largest absolute Gasteiger partial charge is 0.464 e. The van der Waals surface area contributed by atoms with E-state index in [1.165, 1.54) is 4.90 Å². The SMILES string of the molecule is CCC(=O)OCCN(CCOC(=O)CC)C(=O)CN(C)C. The van der Waals surface area contributed by atoms with Crippen molar-refractivity contribution in [3.63, 3.8) is 0 Å². The highest BCUT2D eigenvalue weighted by atomic mass is 16.5. The minimum Gasteiger partial charge on any atom is -0.464 e.